The Kier molecular flexibility index (Phi) is 5.43. The number of nitrogens with one attached hydrogen (secondary N) is 1. The lowest BCUT2D eigenvalue weighted by atomic mass is 10.1. The van der Waals surface area contributed by atoms with Gasteiger partial charge in [-0.1, -0.05) is 29.8 Å². The van der Waals surface area contributed by atoms with Crippen LogP contribution in [-0.4, -0.2) is 10.9 Å². The van der Waals surface area contributed by atoms with Crippen molar-refractivity contribution in [3.63, 3.8) is 0 Å². The summed E-state index contributed by atoms with van der Waals surface area (Å²) in [6.45, 7) is 0. The van der Waals surface area contributed by atoms with Gasteiger partial charge in [0.15, 0.2) is 0 Å². The van der Waals surface area contributed by atoms with Gasteiger partial charge in [-0.15, -0.1) is 23.1 Å². The van der Waals surface area contributed by atoms with E-state index in [-0.39, 0.29) is 5.91 Å². The Morgan fingerprint density at radius 3 is 2.74 bits per heavy atom. The van der Waals surface area contributed by atoms with Crippen LogP contribution >= 0.6 is 34.7 Å². The minimum Gasteiger partial charge on any atom is -0.321 e. The lowest BCUT2D eigenvalue weighted by Crippen LogP contribution is -2.10. The van der Waals surface area contributed by atoms with Crippen LogP contribution in [0.25, 0.3) is 10.9 Å². The van der Waals surface area contributed by atoms with Gasteiger partial charge in [0, 0.05) is 32.9 Å². The maximum Gasteiger partial charge on any atom is 0.266 e. The molecule has 0 saturated carbocycles. The maximum atomic E-state index is 12.6. The van der Waals surface area contributed by atoms with Gasteiger partial charge in [-0.05, 0) is 53.4 Å². The van der Waals surface area contributed by atoms with Crippen molar-refractivity contribution in [3.05, 3.63) is 87.7 Å². The number of hydrogen-bond donors (Lipinski definition) is 1. The first kappa shape index (κ1) is 18.0. The summed E-state index contributed by atoms with van der Waals surface area (Å²) in [6, 6.07) is 19.3. The van der Waals surface area contributed by atoms with Crippen molar-refractivity contribution in [1.29, 1.82) is 0 Å². The van der Waals surface area contributed by atoms with Crippen LogP contribution in [0.2, 0.25) is 5.02 Å². The van der Waals surface area contributed by atoms with Gasteiger partial charge < -0.3 is 5.32 Å². The van der Waals surface area contributed by atoms with E-state index in [1.807, 2.05) is 41.9 Å². The monoisotopic (exact) mass is 410 g/mol. The SMILES string of the molecule is O=C(Nc1ccc(Cl)cc1)c1sccc1SCc1ccnc2ccccc12. The summed E-state index contributed by atoms with van der Waals surface area (Å²) in [5, 5.41) is 6.67. The Bertz CT molecular complexity index is 1090. The van der Waals surface area contributed by atoms with Gasteiger partial charge in [-0.25, -0.2) is 0 Å². The number of anilines is 1. The molecule has 134 valence electrons. The second kappa shape index (κ2) is 8.13. The van der Waals surface area contributed by atoms with Crippen molar-refractivity contribution in [1.82, 2.24) is 4.98 Å². The molecule has 27 heavy (non-hydrogen) atoms. The zero-order valence-corrected chi connectivity index (χ0v) is 16.6. The number of rotatable bonds is 5. The van der Waals surface area contributed by atoms with Gasteiger partial charge in [-0.3, -0.25) is 9.78 Å². The first-order chi connectivity index (χ1) is 13.2. The van der Waals surface area contributed by atoms with Gasteiger partial charge in [0.25, 0.3) is 5.91 Å². The number of thiophene rings is 1. The van der Waals surface area contributed by atoms with Crippen molar-refractivity contribution >= 4 is 57.2 Å². The number of thioether (sulfide) groups is 1. The van der Waals surface area contributed by atoms with E-state index < -0.39 is 0 Å². The molecule has 0 radical (unpaired) electrons. The molecule has 0 aliphatic rings. The van der Waals surface area contributed by atoms with Crippen LogP contribution in [0.15, 0.2) is 77.1 Å². The number of pyridine rings is 1. The van der Waals surface area contributed by atoms with Gasteiger partial charge in [0.05, 0.1) is 5.52 Å². The number of fused-ring (bicyclic) bond motifs is 1. The molecule has 0 saturated heterocycles. The number of halogens is 1. The highest BCUT2D eigenvalue weighted by molar-refractivity contribution is 7.98. The molecule has 3 nitrogen and oxygen atoms in total. The molecule has 0 unspecified atom stereocenters. The van der Waals surface area contributed by atoms with E-state index in [1.54, 1.807) is 36.0 Å². The third kappa shape index (κ3) is 4.16. The number of carbonyl (C=O) groups is 1. The normalized spacial score (nSPS) is 10.9. The van der Waals surface area contributed by atoms with E-state index >= 15 is 0 Å². The number of aromatic nitrogens is 1. The topological polar surface area (TPSA) is 42.0 Å². The Morgan fingerprint density at radius 1 is 1.07 bits per heavy atom. The summed E-state index contributed by atoms with van der Waals surface area (Å²) in [5.41, 5.74) is 2.93. The third-order valence-corrected chi connectivity index (χ3v) is 6.46. The third-order valence-electron chi connectivity index (χ3n) is 4.06. The van der Waals surface area contributed by atoms with E-state index in [2.05, 4.69) is 16.4 Å². The summed E-state index contributed by atoms with van der Waals surface area (Å²) >= 11 is 9.01. The second-order valence-corrected chi connectivity index (χ2v) is 8.22. The minimum atomic E-state index is -0.102. The fourth-order valence-corrected chi connectivity index (χ4v) is 4.90. The molecule has 0 aliphatic heterocycles. The molecule has 6 heteroatoms. The molecule has 1 N–H and O–H groups in total. The molecule has 4 aromatic rings. The molecule has 0 spiro atoms. The molecule has 2 aromatic heterocycles. The number of para-hydroxylation sites is 1. The van der Waals surface area contributed by atoms with Gasteiger partial charge in [-0.2, -0.15) is 0 Å². The summed E-state index contributed by atoms with van der Waals surface area (Å²) in [7, 11) is 0. The number of nitrogens with zero attached hydrogens (tertiary/aromatic N) is 1. The Morgan fingerprint density at radius 2 is 1.89 bits per heavy atom. The van der Waals surface area contributed by atoms with Crippen molar-refractivity contribution < 1.29 is 4.79 Å². The first-order valence-corrected chi connectivity index (χ1v) is 10.5. The molecule has 0 aliphatic carbocycles. The highest BCUT2D eigenvalue weighted by Gasteiger charge is 2.14. The molecule has 1 amide bonds. The molecule has 2 aromatic carbocycles. The average Bonchev–Trinajstić information content (AvgIpc) is 3.17. The summed E-state index contributed by atoms with van der Waals surface area (Å²) in [4.78, 5) is 18.7. The van der Waals surface area contributed by atoms with E-state index in [9.17, 15) is 4.79 Å². The zero-order valence-electron chi connectivity index (χ0n) is 14.2. The lowest BCUT2D eigenvalue weighted by molar-refractivity contribution is 0.102. The minimum absolute atomic E-state index is 0.102. The predicted octanol–water partition coefficient (Wildman–Crippen LogP) is 6.49. The van der Waals surface area contributed by atoms with E-state index in [0.29, 0.717) is 9.90 Å². The fraction of sp³-hybridized carbons (Fsp3) is 0.0476. The number of amides is 1. The summed E-state index contributed by atoms with van der Waals surface area (Å²) in [6.07, 6.45) is 1.83. The molecule has 4 rings (SSSR count). The number of carbonyl (C=O) groups excluding carboxylic acids is 1. The standard InChI is InChI=1S/C21H15ClN2OS2/c22-15-5-7-16(8-6-15)24-21(25)20-19(10-12-26-20)27-13-14-9-11-23-18-4-2-1-3-17(14)18/h1-12H,13H2,(H,24,25). The summed E-state index contributed by atoms with van der Waals surface area (Å²) in [5.74, 6) is 0.676. The zero-order chi connectivity index (χ0) is 18.6. The quantitative estimate of drug-likeness (QED) is 0.382. The Balaban J connectivity index is 1.50. The predicted molar refractivity (Wildman–Crippen MR) is 115 cm³/mol. The van der Waals surface area contributed by atoms with Crippen LogP contribution in [-0.2, 0) is 5.75 Å². The van der Waals surface area contributed by atoms with Crippen molar-refractivity contribution in [3.8, 4) is 0 Å². The first-order valence-electron chi connectivity index (χ1n) is 8.30. The van der Waals surface area contributed by atoms with Crippen LogP contribution in [0.5, 0.6) is 0 Å². The van der Waals surface area contributed by atoms with Gasteiger partial charge >= 0.3 is 0 Å². The van der Waals surface area contributed by atoms with Crippen molar-refractivity contribution in [2.45, 2.75) is 10.6 Å². The van der Waals surface area contributed by atoms with Gasteiger partial charge in [0.2, 0.25) is 0 Å². The number of hydrogen-bond acceptors (Lipinski definition) is 4. The molecule has 0 bridgehead atoms. The van der Waals surface area contributed by atoms with Crippen molar-refractivity contribution in [2.24, 2.45) is 0 Å². The van der Waals surface area contributed by atoms with Crippen LogP contribution in [0.4, 0.5) is 5.69 Å². The largest absolute Gasteiger partial charge is 0.321 e. The lowest BCUT2D eigenvalue weighted by Gasteiger charge is -2.08. The van der Waals surface area contributed by atoms with Gasteiger partial charge in [0.1, 0.15) is 4.88 Å². The average molecular weight is 411 g/mol. The molecular weight excluding hydrogens is 396 g/mol. The van der Waals surface area contributed by atoms with E-state index in [1.165, 1.54) is 16.9 Å². The van der Waals surface area contributed by atoms with E-state index in [4.69, 9.17) is 11.6 Å². The van der Waals surface area contributed by atoms with E-state index in [0.717, 1.165) is 27.2 Å². The van der Waals surface area contributed by atoms with Crippen LogP contribution in [0.1, 0.15) is 15.2 Å². The van der Waals surface area contributed by atoms with Crippen LogP contribution in [0.3, 0.4) is 0 Å². The fourth-order valence-electron chi connectivity index (χ4n) is 2.73. The number of benzene rings is 2. The van der Waals surface area contributed by atoms with Crippen LogP contribution in [0, 0.1) is 0 Å². The second-order valence-electron chi connectivity index (χ2n) is 5.85. The Hall–Kier alpha value is -2.34. The molecule has 0 fully saturated rings. The molecule has 2 heterocycles. The highest BCUT2D eigenvalue weighted by atomic mass is 35.5. The molecular formula is C21H15ClN2OS2. The molecule has 0 atom stereocenters. The van der Waals surface area contributed by atoms with Crippen molar-refractivity contribution in [2.75, 3.05) is 5.32 Å². The maximum absolute atomic E-state index is 12.6. The Labute approximate surface area is 170 Å². The summed E-state index contributed by atoms with van der Waals surface area (Å²) < 4.78 is 0. The smallest absolute Gasteiger partial charge is 0.266 e. The highest BCUT2D eigenvalue weighted by Crippen LogP contribution is 2.32. The van der Waals surface area contributed by atoms with Crippen LogP contribution < -0.4 is 5.32 Å².